The van der Waals surface area contributed by atoms with Crippen molar-refractivity contribution < 1.29 is 12.6 Å². The Morgan fingerprint density at radius 2 is 2.17 bits per heavy atom. The Hall–Kier alpha value is -1.30. The van der Waals surface area contributed by atoms with Crippen LogP contribution in [-0.4, -0.2) is 19.7 Å². The van der Waals surface area contributed by atoms with Gasteiger partial charge in [-0.3, -0.25) is 4.79 Å². The van der Waals surface area contributed by atoms with E-state index >= 15 is 0 Å². The minimum Gasteiger partial charge on any atom is -0.377 e. The monoisotopic (exact) mass is 189 g/mol. The number of hydrogen-bond donors (Lipinski definition) is 1. The highest BCUT2D eigenvalue weighted by Crippen LogP contribution is 2.02. The number of aromatic nitrogens is 1. The predicted octanol–water partition coefficient (Wildman–Crippen LogP) is -0.287. The summed E-state index contributed by atoms with van der Waals surface area (Å²) < 4.78 is 25.5. The van der Waals surface area contributed by atoms with E-state index in [1.165, 1.54) is 18.3 Å². The van der Waals surface area contributed by atoms with E-state index in [1.54, 1.807) is 0 Å². The Morgan fingerprint density at radius 3 is 2.67 bits per heavy atom. The van der Waals surface area contributed by atoms with Crippen LogP contribution in [0.3, 0.4) is 0 Å². The van der Waals surface area contributed by atoms with Gasteiger partial charge in [0.1, 0.15) is 0 Å². The summed E-state index contributed by atoms with van der Waals surface area (Å²) in [5, 5.41) is 0. The third-order valence-electron chi connectivity index (χ3n) is 1.02. The second-order valence-electron chi connectivity index (χ2n) is 2.15. The number of rotatable bonds is 2. The Bertz CT molecular complexity index is 419. The highest BCUT2D eigenvalue weighted by atomic mass is 32.2. The molecular formula is C6H7NO4S. The normalized spacial score (nSPS) is 11.1. The average molecular weight is 189 g/mol. The van der Waals surface area contributed by atoms with Crippen LogP contribution in [0, 0.1) is 0 Å². The molecular weight excluding hydrogens is 182 g/mol. The lowest BCUT2D eigenvalue weighted by Gasteiger charge is -1.99. The summed E-state index contributed by atoms with van der Waals surface area (Å²) in [5.41, 5.74) is -0.567. The molecule has 0 aromatic carbocycles. The number of pyridine rings is 1. The minimum atomic E-state index is -3.62. The highest BCUT2D eigenvalue weighted by Gasteiger charge is 2.06. The number of hydrogen-bond acceptors (Lipinski definition) is 4. The molecule has 0 saturated carbocycles. The predicted molar refractivity (Wildman–Crippen MR) is 42.5 cm³/mol. The standard InChI is InChI=1S/C6H7NO4S/c1-12(9,10)11-5-3-2-4-7-6(5)8/h2-4H,1H3,(H,7,8). The molecule has 12 heavy (non-hydrogen) atoms. The van der Waals surface area contributed by atoms with Gasteiger partial charge in [0.05, 0.1) is 6.26 Å². The van der Waals surface area contributed by atoms with Crippen LogP contribution in [0.15, 0.2) is 23.1 Å². The van der Waals surface area contributed by atoms with E-state index in [2.05, 4.69) is 9.17 Å². The molecule has 0 aliphatic rings. The summed E-state index contributed by atoms with van der Waals surface area (Å²) in [7, 11) is -3.62. The SMILES string of the molecule is CS(=O)(=O)Oc1ccc[nH]c1=O. The molecule has 0 spiro atoms. The molecule has 0 amide bonds. The van der Waals surface area contributed by atoms with Crippen LogP contribution in [0.1, 0.15) is 0 Å². The fraction of sp³-hybridized carbons (Fsp3) is 0.167. The van der Waals surface area contributed by atoms with Gasteiger partial charge < -0.3 is 9.17 Å². The lowest BCUT2D eigenvalue weighted by atomic mass is 10.5. The molecule has 1 heterocycles. The van der Waals surface area contributed by atoms with E-state index in [0.717, 1.165) is 6.26 Å². The first-order valence-corrected chi connectivity index (χ1v) is 4.88. The Balaban J connectivity index is 3.07. The molecule has 0 atom stereocenters. The van der Waals surface area contributed by atoms with Gasteiger partial charge in [0.25, 0.3) is 5.56 Å². The Labute approximate surface area is 69.1 Å². The molecule has 66 valence electrons. The molecule has 0 bridgehead atoms. The molecule has 1 aromatic rings. The van der Waals surface area contributed by atoms with E-state index in [9.17, 15) is 13.2 Å². The van der Waals surface area contributed by atoms with E-state index in [0.29, 0.717) is 0 Å². The fourth-order valence-corrected chi connectivity index (χ4v) is 1.09. The van der Waals surface area contributed by atoms with Gasteiger partial charge in [-0.2, -0.15) is 8.42 Å². The van der Waals surface area contributed by atoms with Crippen molar-refractivity contribution in [2.24, 2.45) is 0 Å². The van der Waals surface area contributed by atoms with Gasteiger partial charge in [0.2, 0.25) is 5.75 Å². The van der Waals surface area contributed by atoms with Crippen molar-refractivity contribution in [1.29, 1.82) is 0 Å². The summed E-state index contributed by atoms with van der Waals surface area (Å²) in [6, 6.07) is 2.75. The van der Waals surface area contributed by atoms with Crippen molar-refractivity contribution in [2.75, 3.05) is 6.26 Å². The topological polar surface area (TPSA) is 76.2 Å². The van der Waals surface area contributed by atoms with Gasteiger partial charge >= 0.3 is 10.1 Å². The second-order valence-corrected chi connectivity index (χ2v) is 3.73. The lowest BCUT2D eigenvalue weighted by molar-refractivity contribution is 0.489. The van der Waals surface area contributed by atoms with Gasteiger partial charge in [-0.05, 0) is 12.1 Å². The van der Waals surface area contributed by atoms with E-state index in [1.807, 2.05) is 0 Å². The van der Waals surface area contributed by atoms with Crippen molar-refractivity contribution in [3.05, 3.63) is 28.7 Å². The summed E-state index contributed by atoms with van der Waals surface area (Å²) in [4.78, 5) is 13.1. The van der Waals surface area contributed by atoms with Crippen molar-refractivity contribution in [3.63, 3.8) is 0 Å². The molecule has 1 N–H and O–H groups in total. The van der Waals surface area contributed by atoms with E-state index < -0.39 is 15.7 Å². The lowest BCUT2D eigenvalue weighted by Crippen LogP contribution is -2.14. The summed E-state index contributed by atoms with van der Waals surface area (Å²) in [6.07, 6.45) is 2.26. The summed E-state index contributed by atoms with van der Waals surface area (Å²) >= 11 is 0. The second kappa shape index (κ2) is 2.98. The molecule has 0 aliphatic heterocycles. The minimum absolute atomic E-state index is 0.222. The van der Waals surface area contributed by atoms with Crippen LogP contribution < -0.4 is 9.74 Å². The van der Waals surface area contributed by atoms with Crippen molar-refractivity contribution in [3.8, 4) is 5.75 Å². The molecule has 6 heteroatoms. The Morgan fingerprint density at radius 1 is 1.50 bits per heavy atom. The number of H-pyrrole nitrogens is 1. The van der Waals surface area contributed by atoms with Crippen molar-refractivity contribution >= 4 is 10.1 Å². The van der Waals surface area contributed by atoms with Gasteiger partial charge in [0, 0.05) is 6.20 Å². The quantitative estimate of drug-likeness (QED) is 0.649. The fourth-order valence-electron chi connectivity index (χ4n) is 0.635. The number of aromatic amines is 1. The van der Waals surface area contributed by atoms with E-state index in [-0.39, 0.29) is 5.75 Å². The van der Waals surface area contributed by atoms with Crippen molar-refractivity contribution in [2.45, 2.75) is 0 Å². The molecule has 0 fully saturated rings. The zero-order valence-electron chi connectivity index (χ0n) is 6.27. The molecule has 0 unspecified atom stereocenters. The molecule has 5 nitrogen and oxygen atoms in total. The van der Waals surface area contributed by atoms with Crippen molar-refractivity contribution in [1.82, 2.24) is 4.98 Å². The maximum Gasteiger partial charge on any atom is 0.306 e. The smallest absolute Gasteiger partial charge is 0.306 e. The van der Waals surface area contributed by atoms with Gasteiger partial charge in [0.15, 0.2) is 0 Å². The third kappa shape index (κ3) is 2.39. The summed E-state index contributed by atoms with van der Waals surface area (Å²) in [5.74, 6) is -0.222. The Kier molecular flexibility index (Phi) is 2.18. The maximum absolute atomic E-state index is 10.9. The first-order valence-electron chi connectivity index (χ1n) is 3.06. The zero-order valence-corrected chi connectivity index (χ0v) is 7.09. The highest BCUT2D eigenvalue weighted by molar-refractivity contribution is 7.86. The maximum atomic E-state index is 10.9. The van der Waals surface area contributed by atoms with Crippen LogP contribution in [0.25, 0.3) is 0 Å². The van der Waals surface area contributed by atoms with Crippen LogP contribution >= 0.6 is 0 Å². The first kappa shape index (κ1) is 8.79. The molecule has 0 aliphatic carbocycles. The van der Waals surface area contributed by atoms with Crippen LogP contribution in [0.2, 0.25) is 0 Å². The molecule has 0 radical (unpaired) electrons. The van der Waals surface area contributed by atoms with Crippen LogP contribution in [0.4, 0.5) is 0 Å². The van der Waals surface area contributed by atoms with E-state index in [4.69, 9.17) is 0 Å². The molecule has 1 aromatic heterocycles. The van der Waals surface area contributed by atoms with Gasteiger partial charge in [-0.15, -0.1) is 0 Å². The third-order valence-corrected chi connectivity index (χ3v) is 1.51. The molecule has 0 saturated heterocycles. The average Bonchev–Trinajstić information content (AvgIpc) is 1.91. The van der Waals surface area contributed by atoms with Gasteiger partial charge in [-0.25, -0.2) is 0 Å². The zero-order chi connectivity index (χ0) is 9.19. The van der Waals surface area contributed by atoms with Crippen LogP contribution in [0.5, 0.6) is 5.75 Å². The van der Waals surface area contributed by atoms with Crippen LogP contribution in [-0.2, 0) is 10.1 Å². The summed E-state index contributed by atoms with van der Waals surface area (Å²) in [6.45, 7) is 0. The first-order chi connectivity index (χ1) is 5.49. The molecule has 1 rings (SSSR count). The largest absolute Gasteiger partial charge is 0.377 e. The van der Waals surface area contributed by atoms with Gasteiger partial charge in [-0.1, -0.05) is 0 Å². The number of nitrogens with one attached hydrogen (secondary N) is 1.